The van der Waals surface area contributed by atoms with Crippen LogP contribution in [0.1, 0.15) is 0 Å². The van der Waals surface area contributed by atoms with E-state index in [0.717, 1.165) is 0 Å². The van der Waals surface area contributed by atoms with Gasteiger partial charge in [0.05, 0.1) is 0 Å². The predicted molar refractivity (Wildman–Crippen MR) is 31.4 cm³/mol. The molecule has 0 unspecified atom stereocenters. The first-order valence-corrected chi connectivity index (χ1v) is 2.35. The van der Waals surface area contributed by atoms with Crippen LogP contribution in [0.25, 0.3) is 0 Å². The fourth-order valence-electron chi connectivity index (χ4n) is 0. The molecule has 0 rings (SSSR count). The molecule has 0 bridgehead atoms. The minimum Gasteiger partial charge on any atom is 0 e. The molecule has 0 aromatic rings. The maximum atomic E-state index is 8.88. The second kappa shape index (κ2) is 13.7. The molecule has 0 spiro atoms. The molecule has 0 aromatic heterocycles. The van der Waals surface area contributed by atoms with Gasteiger partial charge in [0.25, 0.3) is 0 Å². The topological polar surface area (TPSA) is 77.8 Å². The summed E-state index contributed by atoms with van der Waals surface area (Å²) in [6.45, 7) is 0. The first-order valence-electron chi connectivity index (χ1n) is 0.783. The third-order valence-electron chi connectivity index (χ3n) is 0. The van der Waals surface area contributed by atoms with Crippen LogP contribution >= 0.6 is 7.82 Å². The molecule has 0 aliphatic carbocycles. The van der Waals surface area contributed by atoms with E-state index in [1.54, 1.807) is 0 Å². The first kappa shape index (κ1) is 29.5. The van der Waals surface area contributed by atoms with Gasteiger partial charge in [-0.2, -0.15) is 0 Å². The maximum absolute atomic E-state index is 8.88. The normalized spacial score (nSPS) is 6.56. The van der Waals surface area contributed by atoms with Crippen LogP contribution in [0.15, 0.2) is 0 Å². The Hall–Kier alpha value is 3.15. The Labute approximate surface area is 119 Å². The molecule has 1 radical (unpaired) electrons. The molecule has 0 fully saturated rings. The first-order chi connectivity index (χ1) is 2.00. The molecule has 0 amide bonds. The van der Waals surface area contributed by atoms with E-state index in [9.17, 15) is 0 Å². The second-order valence-electron chi connectivity index (χ2n) is 0.513. The molecule has 0 atom stereocenters. The molecule has 0 aromatic carbocycles. The smallest absolute Gasteiger partial charge is 0 e. The van der Waals surface area contributed by atoms with Gasteiger partial charge in [0.2, 0.25) is 0 Å². The van der Waals surface area contributed by atoms with E-state index in [1.807, 2.05) is 0 Å². The van der Waals surface area contributed by atoms with Crippen molar-refractivity contribution in [3.63, 3.8) is 0 Å². The largest absolute Gasteiger partial charge is 0 e. The summed E-state index contributed by atoms with van der Waals surface area (Å²) >= 11 is 0. The zero-order chi connectivity index (χ0) is 4.50. The van der Waals surface area contributed by atoms with Gasteiger partial charge in [-0.1, -0.05) is 0 Å². The fraction of sp³-hybridized carbons (Fsp3) is 0. The minimum atomic E-state index is -4.64. The van der Waals surface area contributed by atoms with E-state index in [-0.39, 0.29) is 93.5 Å². The standard InChI is InChI=1S/Al.La.Li.H3O4P.Ti.4H/c;;;1-5(2,3)4;;;;;/h;;;(H3,1,2,3,4);;;;;. The van der Waals surface area contributed by atoms with Crippen LogP contribution in [0.3, 0.4) is 0 Å². The maximum Gasteiger partial charge on any atom is 0 e. The summed E-state index contributed by atoms with van der Waals surface area (Å²) in [4.78, 5) is 21.6. The van der Waals surface area contributed by atoms with Crippen molar-refractivity contribution in [3.05, 3.63) is 0 Å². The van der Waals surface area contributed by atoms with E-state index < -0.39 is 7.82 Å². The SMILES string of the molecule is O=P(O)(O)O.[AlH3].[La].[LiH].[Ti]. The molecule has 0 heterocycles. The van der Waals surface area contributed by atoms with Gasteiger partial charge in [0.1, 0.15) is 0 Å². The predicted octanol–water partition coefficient (Wildman–Crippen LogP) is -2.76. The molecule has 9 heavy (non-hydrogen) atoms. The second-order valence-corrected chi connectivity index (χ2v) is 1.54. The van der Waals surface area contributed by atoms with Crippen LogP contribution in [-0.2, 0) is 26.3 Å². The molecule has 0 saturated heterocycles. The Kier molecular flexibility index (Phi) is 45.0. The summed E-state index contributed by atoms with van der Waals surface area (Å²) in [6, 6.07) is 0. The average molecular weight is 323 g/mol. The van der Waals surface area contributed by atoms with Crippen molar-refractivity contribution in [1.82, 2.24) is 0 Å². The van der Waals surface area contributed by atoms with Crippen LogP contribution in [0, 0.1) is 35.6 Å². The molecule has 3 N–H and O–H groups in total. The summed E-state index contributed by atoms with van der Waals surface area (Å²) in [7, 11) is -4.64. The summed E-state index contributed by atoms with van der Waals surface area (Å²) in [5.74, 6) is 0. The van der Waals surface area contributed by atoms with Crippen molar-refractivity contribution in [1.29, 1.82) is 0 Å². The van der Waals surface area contributed by atoms with E-state index >= 15 is 0 Å². The Balaban J connectivity index is -0.0000000133. The van der Waals surface area contributed by atoms with E-state index in [2.05, 4.69) is 0 Å². The van der Waals surface area contributed by atoms with Crippen molar-refractivity contribution < 1.29 is 76.6 Å². The monoisotopic (exact) mass is 323 g/mol. The van der Waals surface area contributed by atoms with E-state index in [0.29, 0.717) is 0 Å². The van der Waals surface area contributed by atoms with Gasteiger partial charge in [0.15, 0.2) is 17.4 Å². The minimum absolute atomic E-state index is 0. The quantitative estimate of drug-likeness (QED) is 0.333. The number of hydrogen-bond acceptors (Lipinski definition) is 1. The van der Waals surface area contributed by atoms with Crippen LogP contribution in [0.2, 0.25) is 0 Å². The van der Waals surface area contributed by atoms with Gasteiger partial charge >= 0.3 is 26.7 Å². The summed E-state index contributed by atoms with van der Waals surface area (Å²) < 4.78 is 8.88. The van der Waals surface area contributed by atoms with Crippen LogP contribution in [0.4, 0.5) is 0 Å². The van der Waals surface area contributed by atoms with Crippen LogP contribution < -0.4 is 0 Å². The Bertz CT molecular complexity index is 66.7. The summed E-state index contributed by atoms with van der Waals surface area (Å²) in [5, 5.41) is 0. The van der Waals surface area contributed by atoms with Crippen molar-refractivity contribution >= 4 is 44.0 Å². The molecular formula is H7AlLaLiO4PTi. The van der Waals surface area contributed by atoms with Gasteiger partial charge in [0, 0.05) is 57.3 Å². The van der Waals surface area contributed by atoms with E-state index in [1.165, 1.54) is 0 Å². The zero-order valence-electron chi connectivity index (χ0n) is 3.27. The number of hydrogen-bond donors (Lipinski definition) is 3. The summed E-state index contributed by atoms with van der Waals surface area (Å²) in [5.41, 5.74) is 0. The Morgan fingerprint density at radius 3 is 1.11 bits per heavy atom. The Morgan fingerprint density at radius 2 is 1.11 bits per heavy atom. The van der Waals surface area contributed by atoms with Crippen molar-refractivity contribution in [3.8, 4) is 0 Å². The van der Waals surface area contributed by atoms with Crippen molar-refractivity contribution in [2.45, 2.75) is 0 Å². The molecule has 47 valence electrons. The fourth-order valence-corrected chi connectivity index (χ4v) is 0. The molecule has 0 saturated carbocycles. The van der Waals surface area contributed by atoms with Crippen LogP contribution in [0.5, 0.6) is 0 Å². The molecule has 4 nitrogen and oxygen atoms in total. The molecule has 9 heteroatoms. The summed E-state index contributed by atoms with van der Waals surface area (Å²) in [6.07, 6.45) is 0. The molecular weight excluding hydrogens is 316 g/mol. The van der Waals surface area contributed by atoms with Gasteiger partial charge in [-0.05, 0) is 0 Å². The average Bonchev–Trinajstić information content (AvgIpc) is 0.722. The molecule has 0 aliphatic heterocycles. The van der Waals surface area contributed by atoms with Crippen molar-refractivity contribution in [2.75, 3.05) is 0 Å². The third-order valence-corrected chi connectivity index (χ3v) is 0. The van der Waals surface area contributed by atoms with E-state index in [4.69, 9.17) is 19.2 Å². The van der Waals surface area contributed by atoms with Crippen LogP contribution in [-0.4, -0.2) is 50.9 Å². The van der Waals surface area contributed by atoms with Gasteiger partial charge in [-0.3, -0.25) is 0 Å². The number of phosphoric acid groups is 1. The third kappa shape index (κ3) is 94.1. The van der Waals surface area contributed by atoms with Gasteiger partial charge in [-0.25, -0.2) is 4.57 Å². The van der Waals surface area contributed by atoms with Gasteiger partial charge in [-0.15, -0.1) is 0 Å². The molecule has 0 aliphatic rings. The van der Waals surface area contributed by atoms with Gasteiger partial charge < -0.3 is 14.7 Å². The van der Waals surface area contributed by atoms with Crippen molar-refractivity contribution in [2.24, 2.45) is 0 Å². The zero-order valence-corrected chi connectivity index (χ0v) is 9.36. The Morgan fingerprint density at radius 1 is 1.11 bits per heavy atom. The number of rotatable bonds is 0.